The van der Waals surface area contributed by atoms with Crippen LogP contribution in [0.2, 0.25) is 0 Å². The van der Waals surface area contributed by atoms with Gasteiger partial charge >= 0.3 is 11.9 Å². The molecule has 0 radical (unpaired) electrons. The maximum absolute atomic E-state index is 11.2. The average molecular weight is 243 g/mol. The van der Waals surface area contributed by atoms with E-state index in [1.54, 1.807) is 0 Å². The van der Waals surface area contributed by atoms with Gasteiger partial charge in [-0.1, -0.05) is 5.16 Å². The second-order valence-electron chi connectivity index (χ2n) is 3.94. The predicted molar refractivity (Wildman–Crippen MR) is 59.4 cm³/mol. The lowest BCUT2D eigenvalue weighted by atomic mass is 10.1. The third-order valence-corrected chi connectivity index (χ3v) is 2.40. The maximum Gasteiger partial charge on any atom is 0.350 e. The van der Waals surface area contributed by atoms with Crippen LogP contribution in [0.3, 0.4) is 0 Å². The third-order valence-electron chi connectivity index (χ3n) is 2.40. The summed E-state index contributed by atoms with van der Waals surface area (Å²) in [6.45, 7) is 3.19. The Labute approximate surface area is 99.9 Å². The van der Waals surface area contributed by atoms with E-state index in [0.717, 1.165) is 5.71 Å². The van der Waals surface area contributed by atoms with Crippen LogP contribution in [0.4, 0.5) is 0 Å². The van der Waals surface area contributed by atoms with Gasteiger partial charge in [-0.2, -0.15) is 0 Å². The molecule has 0 aromatic heterocycles. The van der Waals surface area contributed by atoms with E-state index in [1.165, 1.54) is 14.0 Å². The molecule has 0 aromatic rings. The predicted octanol–water partition coefficient (Wildman–Crippen LogP) is 1.04. The first-order valence-corrected chi connectivity index (χ1v) is 5.49. The lowest BCUT2D eigenvalue weighted by Crippen LogP contribution is -2.22. The molecule has 1 heterocycles. The van der Waals surface area contributed by atoms with Gasteiger partial charge in [0.1, 0.15) is 0 Å². The Morgan fingerprint density at radius 1 is 1.59 bits per heavy atom. The first-order valence-electron chi connectivity index (χ1n) is 5.49. The Kier molecular flexibility index (Phi) is 4.93. The molecule has 0 aromatic carbocycles. The average Bonchev–Trinajstić information content (AvgIpc) is 2.73. The van der Waals surface area contributed by atoms with Crippen LogP contribution < -0.4 is 0 Å². The van der Waals surface area contributed by atoms with Crippen molar-refractivity contribution in [3.63, 3.8) is 0 Å². The molecule has 0 bridgehead atoms. The van der Waals surface area contributed by atoms with Crippen molar-refractivity contribution < 1.29 is 23.9 Å². The number of nitrogens with zero attached hydrogens (tertiary/aromatic N) is 1. The fraction of sp³-hybridized carbons (Fsp3) is 0.727. The van der Waals surface area contributed by atoms with Gasteiger partial charge in [0.2, 0.25) is 6.10 Å². The van der Waals surface area contributed by atoms with Gasteiger partial charge in [0.15, 0.2) is 0 Å². The summed E-state index contributed by atoms with van der Waals surface area (Å²) in [7, 11) is 1.31. The van der Waals surface area contributed by atoms with Crippen molar-refractivity contribution >= 4 is 17.7 Å². The molecule has 1 aliphatic heterocycles. The summed E-state index contributed by atoms with van der Waals surface area (Å²) in [6.07, 6.45) is 0.961. The van der Waals surface area contributed by atoms with Crippen LogP contribution in [-0.2, 0) is 23.9 Å². The molecule has 1 unspecified atom stereocenters. The number of oxime groups is 1. The molecule has 0 saturated carbocycles. The fourth-order valence-electron chi connectivity index (χ4n) is 1.54. The normalized spacial score (nSPS) is 20.2. The van der Waals surface area contributed by atoms with E-state index in [2.05, 4.69) is 9.89 Å². The number of ether oxygens (including phenoxy) is 2. The second-order valence-corrected chi connectivity index (χ2v) is 3.94. The van der Waals surface area contributed by atoms with Crippen LogP contribution in [-0.4, -0.2) is 37.0 Å². The largest absolute Gasteiger partial charge is 0.466 e. The summed E-state index contributed by atoms with van der Waals surface area (Å²) in [4.78, 5) is 26.8. The Hall–Kier alpha value is -1.59. The minimum atomic E-state index is -0.626. The number of carbonyl (C=O) groups is 2. The standard InChI is InChI=1S/C11H17NO5/c1-7(16-8(2)13)4-5-9-6-10(17-12-9)11(14)15-3/h7,10H,4-6H2,1-3H3/t7-,10?/m0/s1. The summed E-state index contributed by atoms with van der Waals surface area (Å²) in [5.74, 6) is -0.716. The number of hydrogen-bond acceptors (Lipinski definition) is 6. The molecule has 0 amide bonds. The second kappa shape index (κ2) is 6.22. The topological polar surface area (TPSA) is 74.2 Å². The van der Waals surface area contributed by atoms with Crippen LogP contribution in [0.25, 0.3) is 0 Å². The van der Waals surface area contributed by atoms with Gasteiger partial charge in [-0.05, 0) is 19.8 Å². The van der Waals surface area contributed by atoms with Crippen LogP contribution >= 0.6 is 0 Å². The molecule has 0 spiro atoms. The van der Waals surface area contributed by atoms with Gasteiger partial charge in [-0.25, -0.2) is 4.79 Å². The molecule has 0 saturated heterocycles. The molecule has 1 aliphatic rings. The van der Waals surface area contributed by atoms with Gasteiger partial charge in [-0.3, -0.25) is 4.79 Å². The van der Waals surface area contributed by atoms with E-state index in [0.29, 0.717) is 19.3 Å². The number of rotatable bonds is 5. The molecule has 2 atom stereocenters. The molecule has 0 fully saturated rings. The fourth-order valence-corrected chi connectivity index (χ4v) is 1.54. The lowest BCUT2D eigenvalue weighted by molar-refractivity contribution is -0.152. The van der Waals surface area contributed by atoms with Gasteiger partial charge in [0, 0.05) is 13.3 Å². The zero-order valence-corrected chi connectivity index (χ0v) is 10.3. The Morgan fingerprint density at radius 2 is 2.29 bits per heavy atom. The summed E-state index contributed by atoms with van der Waals surface area (Å²) in [5, 5.41) is 3.81. The zero-order chi connectivity index (χ0) is 12.8. The number of carbonyl (C=O) groups excluding carboxylic acids is 2. The van der Waals surface area contributed by atoms with Gasteiger partial charge < -0.3 is 14.3 Å². The van der Waals surface area contributed by atoms with E-state index < -0.39 is 12.1 Å². The van der Waals surface area contributed by atoms with Crippen molar-refractivity contribution in [3.8, 4) is 0 Å². The van der Waals surface area contributed by atoms with Crippen molar-refractivity contribution in [2.75, 3.05) is 7.11 Å². The van der Waals surface area contributed by atoms with Crippen molar-refractivity contribution in [3.05, 3.63) is 0 Å². The van der Waals surface area contributed by atoms with Crippen LogP contribution in [0.15, 0.2) is 5.16 Å². The minimum Gasteiger partial charge on any atom is -0.466 e. The lowest BCUT2D eigenvalue weighted by Gasteiger charge is -2.10. The van der Waals surface area contributed by atoms with Crippen LogP contribution in [0.1, 0.15) is 33.1 Å². The van der Waals surface area contributed by atoms with E-state index in [1.807, 2.05) is 6.92 Å². The molecular weight excluding hydrogens is 226 g/mol. The first-order chi connectivity index (χ1) is 8.02. The zero-order valence-electron chi connectivity index (χ0n) is 10.3. The molecule has 96 valence electrons. The number of methoxy groups -OCH3 is 1. The van der Waals surface area contributed by atoms with Crippen molar-refractivity contribution in [2.24, 2.45) is 5.16 Å². The van der Waals surface area contributed by atoms with E-state index in [4.69, 9.17) is 9.57 Å². The van der Waals surface area contributed by atoms with Crippen molar-refractivity contribution in [2.45, 2.75) is 45.3 Å². The smallest absolute Gasteiger partial charge is 0.350 e. The van der Waals surface area contributed by atoms with Crippen LogP contribution in [0.5, 0.6) is 0 Å². The van der Waals surface area contributed by atoms with Gasteiger partial charge in [-0.15, -0.1) is 0 Å². The molecule has 6 nitrogen and oxygen atoms in total. The molecule has 17 heavy (non-hydrogen) atoms. The Bertz CT molecular complexity index is 326. The summed E-state index contributed by atoms with van der Waals surface area (Å²) in [6, 6.07) is 0. The van der Waals surface area contributed by atoms with Crippen LogP contribution in [0, 0.1) is 0 Å². The summed E-state index contributed by atoms with van der Waals surface area (Å²) in [5.41, 5.74) is 0.791. The van der Waals surface area contributed by atoms with Gasteiger partial charge in [0.05, 0.1) is 18.9 Å². The molecular formula is C11H17NO5. The molecule has 1 rings (SSSR count). The molecule has 0 N–H and O–H groups in total. The SMILES string of the molecule is COC(=O)C1CC(CC[C@H](C)OC(C)=O)=NO1. The minimum absolute atomic E-state index is 0.160. The maximum atomic E-state index is 11.2. The molecule has 6 heteroatoms. The van der Waals surface area contributed by atoms with E-state index in [9.17, 15) is 9.59 Å². The Balaban J connectivity index is 2.26. The van der Waals surface area contributed by atoms with E-state index >= 15 is 0 Å². The highest BCUT2D eigenvalue weighted by Gasteiger charge is 2.28. The van der Waals surface area contributed by atoms with Crippen molar-refractivity contribution in [1.82, 2.24) is 0 Å². The summed E-state index contributed by atoms with van der Waals surface area (Å²) < 4.78 is 9.53. The monoisotopic (exact) mass is 243 g/mol. The highest BCUT2D eigenvalue weighted by atomic mass is 16.7. The Morgan fingerprint density at radius 3 is 2.88 bits per heavy atom. The van der Waals surface area contributed by atoms with Crippen molar-refractivity contribution in [1.29, 1.82) is 0 Å². The highest BCUT2D eigenvalue weighted by Crippen LogP contribution is 2.16. The summed E-state index contributed by atoms with van der Waals surface area (Å²) >= 11 is 0. The van der Waals surface area contributed by atoms with Gasteiger partial charge in [0.25, 0.3) is 0 Å². The third kappa shape index (κ3) is 4.42. The van der Waals surface area contributed by atoms with E-state index in [-0.39, 0.29) is 12.1 Å². The number of esters is 2. The highest BCUT2D eigenvalue weighted by molar-refractivity contribution is 5.91. The number of hydrogen-bond donors (Lipinski definition) is 0. The first kappa shape index (κ1) is 13.5. The quantitative estimate of drug-likeness (QED) is 0.674. The molecule has 0 aliphatic carbocycles.